The fraction of sp³-hybridized carbons (Fsp3) is 0.679. The first-order chi connectivity index (χ1) is 17.2. The van der Waals surface area contributed by atoms with Gasteiger partial charge in [0.05, 0.1) is 18.3 Å². The normalized spacial score (nSPS) is 28.7. The molecule has 0 spiro atoms. The van der Waals surface area contributed by atoms with E-state index in [0.717, 1.165) is 32.1 Å². The summed E-state index contributed by atoms with van der Waals surface area (Å²) in [4.78, 5) is 11.8. The minimum Gasteiger partial charge on any atom is -0.454 e. The molecule has 1 aliphatic heterocycles. The number of aliphatic hydroxyl groups is 3. The largest absolute Gasteiger partial charge is 0.454 e. The van der Waals surface area contributed by atoms with Crippen molar-refractivity contribution in [1.82, 2.24) is 5.32 Å². The van der Waals surface area contributed by atoms with Crippen molar-refractivity contribution in [2.75, 3.05) is 6.54 Å². The van der Waals surface area contributed by atoms with E-state index >= 15 is 0 Å². The fourth-order valence-corrected chi connectivity index (χ4v) is 5.11. The molecule has 0 bridgehead atoms. The summed E-state index contributed by atoms with van der Waals surface area (Å²) in [5, 5.41) is 35.5. The molecule has 36 heavy (non-hydrogen) atoms. The molecule has 0 aromatic rings. The number of esters is 1. The van der Waals surface area contributed by atoms with Gasteiger partial charge in [-0.25, -0.2) is 4.79 Å². The average molecular weight is 524 g/mol. The Hall–Kier alpha value is -1.34. The van der Waals surface area contributed by atoms with E-state index in [1.807, 2.05) is 32.9 Å². The molecule has 1 saturated carbocycles. The first-order valence-corrected chi connectivity index (χ1v) is 13.7. The topological polar surface area (TPSA) is 108 Å². The summed E-state index contributed by atoms with van der Waals surface area (Å²) < 4.78 is 11.1. The molecule has 204 valence electrons. The molecular formula is C28H46NO6P. The molecule has 1 aliphatic carbocycles. The van der Waals surface area contributed by atoms with Crippen LogP contribution in [0.5, 0.6) is 0 Å². The Morgan fingerprint density at radius 1 is 1.31 bits per heavy atom. The Bertz CT molecular complexity index is 782. The summed E-state index contributed by atoms with van der Waals surface area (Å²) in [5.41, 5.74) is -1.39. The molecule has 0 saturated heterocycles. The molecule has 7 nitrogen and oxygen atoms in total. The number of ether oxygens (including phenoxy) is 1. The molecule has 1 heterocycles. The van der Waals surface area contributed by atoms with Gasteiger partial charge in [0.1, 0.15) is 11.7 Å². The predicted octanol–water partition coefficient (Wildman–Crippen LogP) is 3.76. The monoisotopic (exact) mass is 523 g/mol. The molecule has 2 aliphatic rings. The van der Waals surface area contributed by atoms with Crippen molar-refractivity contribution in [2.45, 2.75) is 102 Å². The molecule has 2 rings (SSSR count). The van der Waals surface area contributed by atoms with E-state index in [1.54, 1.807) is 24.3 Å². The number of hydrogen-bond donors (Lipinski definition) is 4. The van der Waals surface area contributed by atoms with Gasteiger partial charge in [-0.2, -0.15) is 0 Å². The van der Waals surface area contributed by atoms with Gasteiger partial charge in [0, 0.05) is 33.9 Å². The van der Waals surface area contributed by atoms with Gasteiger partial charge in [-0.15, -0.1) is 0 Å². The highest BCUT2D eigenvalue weighted by atomic mass is 31.0. The minimum atomic E-state index is -1.39. The van der Waals surface area contributed by atoms with Gasteiger partial charge in [0.2, 0.25) is 0 Å². The quantitative estimate of drug-likeness (QED) is 0.119. The van der Waals surface area contributed by atoms with Crippen LogP contribution in [0, 0.1) is 11.8 Å². The Morgan fingerprint density at radius 2 is 2.08 bits per heavy atom. The van der Waals surface area contributed by atoms with Gasteiger partial charge < -0.3 is 29.9 Å². The van der Waals surface area contributed by atoms with Crippen LogP contribution < -0.4 is 5.32 Å². The zero-order chi connectivity index (χ0) is 26.6. The van der Waals surface area contributed by atoms with E-state index in [9.17, 15) is 20.1 Å². The molecule has 8 unspecified atom stereocenters. The van der Waals surface area contributed by atoms with Crippen molar-refractivity contribution in [2.24, 2.45) is 11.8 Å². The number of allylic oxidation sites excluding steroid dienone is 3. The van der Waals surface area contributed by atoms with Crippen LogP contribution >= 0.6 is 9.47 Å². The van der Waals surface area contributed by atoms with Gasteiger partial charge in [0.25, 0.3) is 0 Å². The van der Waals surface area contributed by atoms with E-state index in [-0.39, 0.29) is 24.5 Å². The van der Waals surface area contributed by atoms with Crippen molar-refractivity contribution < 1.29 is 29.4 Å². The van der Waals surface area contributed by atoms with Crippen LogP contribution in [-0.4, -0.2) is 63.9 Å². The van der Waals surface area contributed by atoms with Gasteiger partial charge >= 0.3 is 5.97 Å². The third-order valence-corrected chi connectivity index (χ3v) is 7.30. The van der Waals surface area contributed by atoms with Gasteiger partial charge in [0.15, 0.2) is 0 Å². The van der Waals surface area contributed by atoms with Crippen LogP contribution in [0.1, 0.15) is 65.7 Å². The zero-order valence-electron chi connectivity index (χ0n) is 22.0. The average Bonchev–Trinajstić information content (AvgIpc) is 2.84. The van der Waals surface area contributed by atoms with E-state index in [0.29, 0.717) is 18.9 Å². The molecule has 0 amide bonds. The first kappa shape index (κ1) is 30.9. The maximum Gasteiger partial charge on any atom is 0.331 e. The van der Waals surface area contributed by atoms with Crippen molar-refractivity contribution in [3.8, 4) is 0 Å². The third kappa shape index (κ3) is 10.6. The molecule has 0 radical (unpaired) electrons. The molecule has 0 aromatic heterocycles. The second-order valence-electron chi connectivity index (χ2n) is 10.3. The lowest BCUT2D eigenvalue weighted by atomic mass is 9.86. The van der Waals surface area contributed by atoms with Crippen molar-refractivity contribution in [3.63, 3.8) is 0 Å². The van der Waals surface area contributed by atoms with Crippen LogP contribution in [0.2, 0.25) is 0 Å². The first-order valence-electron chi connectivity index (χ1n) is 13.3. The van der Waals surface area contributed by atoms with Crippen LogP contribution in [0.3, 0.4) is 0 Å². The second kappa shape index (κ2) is 15.8. The summed E-state index contributed by atoms with van der Waals surface area (Å²) in [5.74, 6) is 0.00513. The number of rotatable bonds is 14. The molecule has 1 fully saturated rings. The number of cyclic esters (lactones) is 1. The Balaban J connectivity index is 2.08. The van der Waals surface area contributed by atoms with Gasteiger partial charge in [-0.05, 0) is 50.6 Å². The van der Waals surface area contributed by atoms with E-state index < -0.39 is 29.9 Å². The smallest absolute Gasteiger partial charge is 0.331 e. The van der Waals surface area contributed by atoms with Crippen molar-refractivity contribution in [1.29, 1.82) is 0 Å². The summed E-state index contributed by atoms with van der Waals surface area (Å²) in [7, 11) is 2.21. The van der Waals surface area contributed by atoms with E-state index in [1.165, 1.54) is 6.08 Å². The minimum absolute atomic E-state index is 0.0398. The number of hydrogen-bond acceptors (Lipinski definition) is 7. The number of carbonyl (C=O) groups excluding carboxylic acids is 1. The third-order valence-electron chi connectivity index (χ3n) is 6.97. The highest BCUT2D eigenvalue weighted by Gasteiger charge is 2.36. The Labute approximate surface area is 219 Å². The maximum absolute atomic E-state index is 11.8. The van der Waals surface area contributed by atoms with Crippen LogP contribution in [0.4, 0.5) is 0 Å². The van der Waals surface area contributed by atoms with E-state index in [2.05, 4.69) is 20.9 Å². The van der Waals surface area contributed by atoms with Crippen molar-refractivity contribution in [3.05, 3.63) is 48.6 Å². The highest BCUT2D eigenvalue weighted by molar-refractivity contribution is 7.09. The van der Waals surface area contributed by atoms with E-state index in [4.69, 9.17) is 9.26 Å². The predicted molar refractivity (Wildman–Crippen MR) is 146 cm³/mol. The summed E-state index contributed by atoms with van der Waals surface area (Å²) >= 11 is 0. The summed E-state index contributed by atoms with van der Waals surface area (Å²) in [6, 6.07) is 0.257. The fourth-order valence-electron chi connectivity index (χ4n) is 4.76. The van der Waals surface area contributed by atoms with Crippen LogP contribution in [0.25, 0.3) is 0 Å². The molecule has 4 N–H and O–H groups in total. The van der Waals surface area contributed by atoms with Crippen LogP contribution in [-0.2, 0) is 14.1 Å². The Morgan fingerprint density at radius 3 is 2.75 bits per heavy atom. The molecule has 8 atom stereocenters. The zero-order valence-corrected chi connectivity index (χ0v) is 23.1. The van der Waals surface area contributed by atoms with Gasteiger partial charge in [-0.3, -0.25) is 0 Å². The summed E-state index contributed by atoms with van der Waals surface area (Å²) in [6.45, 7) is 6.64. The van der Waals surface area contributed by atoms with Gasteiger partial charge in [-0.1, -0.05) is 63.6 Å². The lowest BCUT2D eigenvalue weighted by Gasteiger charge is -2.35. The maximum atomic E-state index is 11.8. The number of nitrogens with one attached hydrogen (secondary N) is 1. The molecular weight excluding hydrogens is 477 g/mol. The lowest BCUT2D eigenvalue weighted by Crippen LogP contribution is -2.45. The highest BCUT2D eigenvalue weighted by Crippen LogP contribution is 2.29. The number of carbonyl (C=O) groups is 1. The van der Waals surface area contributed by atoms with Crippen LogP contribution in [0.15, 0.2) is 48.6 Å². The second-order valence-corrected chi connectivity index (χ2v) is 10.6. The van der Waals surface area contributed by atoms with Crippen molar-refractivity contribution >= 4 is 15.4 Å². The Kier molecular flexibility index (Phi) is 13.6. The standard InChI is InChI=1S/C28H46NO6P/c1-4-22-12-13-27(32)34-25(22)14-15-28(33,16-17-29-20(2)3)26(35-36)19-24(31)10-6-5-8-21-9-7-11-23(30)18-21/h5-6,8,10,12-15,20-26,29-31,33H,4,7,9,11,16-19,36H2,1-3H3. The molecule has 0 aromatic carbocycles. The summed E-state index contributed by atoms with van der Waals surface area (Å²) in [6.07, 6.45) is 17.0. The SMILES string of the molecule is CCC1C=CC(=O)OC1C=CC(O)(CCNC(C)C)C(CC(O)C=CC=CC1CCCC(O)C1)OP. The lowest BCUT2D eigenvalue weighted by molar-refractivity contribution is -0.143. The number of aliphatic hydroxyl groups excluding tert-OH is 2. The molecule has 8 heteroatoms.